The van der Waals surface area contributed by atoms with Gasteiger partial charge in [-0.3, -0.25) is 5.32 Å². The van der Waals surface area contributed by atoms with Crippen molar-refractivity contribution in [3.05, 3.63) is 41.0 Å². The first-order valence-electron chi connectivity index (χ1n) is 6.04. The number of hydrogen-bond donors (Lipinski definition) is 2. The minimum Gasteiger partial charge on any atom is -0.309 e. The van der Waals surface area contributed by atoms with Crippen LogP contribution in [0.1, 0.15) is 5.56 Å². The minimum atomic E-state index is -3.32. The van der Waals surface area contributed by atoms with E-state index in [1.807, 2.05) is 19.1 Å². The van der Waals surface area contributed by atoms with Crippen LogP contribution in [0.25, 0.3) is 0 Å². The predicted molar refractivity (Wildman–Crippen MR) is 70.1 cm³/mol. The highest BCUT2D eigenvalue weighted by molar-refractivity contribution is 7.92. The van der Waals surface area contributed by atoms with E-state index in [0.717, 1.165) is 17.7 Å². The first-order valence-corrected chi connectivity index (χ1v) is 7.59. The molecular formula is C13H16N2O2S. The molecule has 2 aliphatic heterocycles. The average Bonchev–Trinajstić information content (AvgIpc) is 2.90. The summed E-state index contributed by atoms with van der Waals surface area (Å²) in [6.45, 7) is 4.12. The molecule has 3 rings (SSSR count). The summed E-state index contributed by atoms with van der Waals surface area (Å²) in [4.78, 5) is 0.395. The third kappa shape index (κ3) is 1.79. The van der Waals surface area contributed by atoms with E-state index in [-0.39, 0.29) is 0 Å². The highest BCUT2D eigenvalue weighted by atomic mass is 32.2. The van der Waals surface area contributed by atoms with Crippen molar-refractivity contribution in [1.82, 2.24) is 10.6 Å². The predicted octanol–water partition coefficient (Wildman–Crippen LogP) is 0.598. The molecule has 0 spiro atoms. The van der Waals surface area contributed by atoms with Gasteiger partial charge >= 0.3 is 0 Å². The van der Waals surface area contributed by atoms with Crippen LogP contribution in [0.2, 0.25) is 0 Å². The Balaban J connectivity index is 1.98. The molecule has 0 aromatic heterocycles. The second-order valence-electron chi connectivity index (χ2n) is 4.85. The van der Waals surface area contributed by atoms with Crippen molar-refractivity contribution in [1.29, 1.82) is 0 Å². The molecule has 1 aromatic rings. The van der Waals surface area contributed by atoms with E-state index in [1.54, 1.807) is 12.1 Å². The molecule has 5 heteroatoms. The van der Waals surface area contributed by atoms with Crippen LogP contribution in [0.5, 0.6) is 0 Å². The summed E-state index contributed by atoms with van der Waals surface area (Å²) in [6, 6.07) is 7.05. The van der Waals surface area contributed by atoms with Gasteiger partial charge in [0.05, 0.1) is 4.90 Å². The molecule has 96 valence electrons. The monoisotopic (exact) mass is 264 g/mol. The van der Waals surface area contributed by atoms with Gasteiger partial charge in [0.2, 0.25) is 0 Å². The molecule has 2 aliphatic rings. The zero-order valence-electron chi connectivity index (χ0n) is 10.2. The number of nitrogens with one attached hydrogen (secondary N) is 2. The quantitative estimate of drug-likeness (QED) is 0.768. The van der Waals surface area contributed by atoms with Crippen LogP contribution in [-0.2, 0) is 9.84 Å². The molecule has 0 saturated heterocycles. The summed E-state index contributed by atoms with van der Waals surface area (Å²) >= 11 is 0. The number of sulfone groups is 1. The summed E-state index contributed by atoms with van der Waals surface area (Å²) in [7, 11) is -3.32. The summed E-state index contributed by atoms with van der Waals surface area (Å²) in [5, 5.41) is 5.77. The van der Waals surface area contributed by atoms with Gasteiger partial charge < -0.3 is 5.32 Å². The molecule has 0 amide bonds. The van der Waals surface area contributed by atoms with E-state index in [1.165, 1.54) is 5.57 Å². The van der Waals surface area contributed by atoms with E-state index in [4.69, 9.17) is 0 Å². The van der Waals surface area contributed by atoms with Crippen molar-refractivity contribution >= 4 is 9.84 Å². The maximum Gasteiger partial charge on any atom is 0.198 e. The molecule has 2 heterocycles. The van der Waals surface area contributed by atoms with Gasteiger partial charge in [-0.05, 0) is 30.2 Å². The molecule has 0 bridgehead atoms. The van der Waals surface area contributed by atoms with Gasteiger partial charge in [0, 0.05) is 19.6 Å². The summed E-state index contributed by atoms with van der Waals surface area (Å²) in [5.41, 5.74) is 3.28. The van der Waals surface area contributed by atoms with Crippen molar-refractivity contribution in [2.24, 2.45) is 0 Å². The Kier molecular flexibility index (Phi) is 2.77. The lowest BCUT2D eigenvalue weighted by Crippen LogP contribution is -2.37. The van der Waals surface area contributed by atoms with Crippen LogP contribution in [-0.4, -0.2) is 33.4 Å². The normalized spacial score (nSPS) is 23.5. The Hall–Kier alpha value is -1.17. The average molecular weight is 264 g/mol. The summed E-state index contributed by atoms with van der Waals surface area (Å²) < 4.78 is 25.1. The molecule has 18 heavy (non-hydrogen) atoms. The van der Waals surface area contributed by atoms with E-state index in [0.29, 0.717) is 18.0 Å². The van der Waals surface area contributed by atoms with E-state index in [2.05, 4.69) is 10.6 Å². The molecule has 4 nitrogen and oxygen atoms in total. The number of hydrogen-bond acceptors (Lipinski definition) is 4. The van der Waals surface area contributed by atoms with Crippen LogP contribution in [0.15, 0.2) is 40.3 Å². The first kappa shape index (κ1) is 11.9. The van der Waals surface area contributed by atoms with Crippen molar-refractivity contribution in [2.75, 3.05) is 19.6 Å². The topological polar surface area (TPSA) is 58.2 Å². The van der Waals surface area contributed by atoms with Gasteiger partial charge in [0.1, 0.15) is 5.37 Å². The fourth-order valence-corrected chi connectivity index (χ4v) is 4.26. The highest BCUT2D eigenvalue weighted by Gasteiger charge is 2.37. The highest BCUT2D eigenvalue weighted by Crippen LogP contribution is 2.27. The van der Waals surface area contributed by atoms with Crippen molar-refractivity contribution < 1.29 is 8.42 Å². The Labute approximate surface area is 107 Å². The van der Waals surface area contributed by atoms with Crippen LogP contribution in [0.4, 0.5) is 0 Å². The second-order valence-corrected chi connectivity index (χ2v) is 6.88. The summed E-state index contributed by atoms with van der Waals surface area (Å²) in [6.07, 6.45) is 0. The number of benzene rings is 1. The maximum absolute atomic E-state index is 12.6. The van der Waals surface area contributed by atoms with Crippen molar-refractivity contribution in [2.45, 2.75) is 17.2 Å². The van der Waals surface area contributed by atoms with Crippen molar-refractivity contribution in [3.8, 4) is 0 Å². The molecule has 1 aromatic carbocycles. The Bertz CT molecular complexity index is 602. The SMILES string of the molecule is Cc1ccc(S(=O)(=O)C2NCC3=C2CNC3)cc1. The zero-order valence-corrected chi connectivity index (χ0v) is 11.0. The summed E-state index contributed by atoms with van der Waals surface area (Å²) in [5.74, 6) is 0. The van der Waals surface area contributed by atoms with E-state index < -0.39 is 15.2 Å². The Morgan fingerprint density at radius 3 is 2.56 bits per heavy atom. The van der Waals surface area contributed by atoms with Gasteiger partial charge in [-0.1, -0.05) is 17.7 Å². The number of aryl methyl sites for hydroxylation is 1. The fourth-order valence-electron chi connectivity index (χ4n) is 2.54. The molecule has 1 atom stereocenters. The van der Waals surface area contributed by atoms with Crippen LogP contribution in [0, 0.1) is 6.92 Å². The third-order valence-corrected chi connectivity index (χ3v) is 5.59. The lowest BCUT2D eigenvalue weighted by Gasteiger charge is -2.16. The zero-order chi connectivity index (χ0) is 12.8. The van der Waals surface area contributed by atoms with Gasteiger partial charge in [-0.15, -0.1) is 0 Å². The lowest BCUT2D eigenvalue weighted by atomic mass is 10.2. The molecule has 0 radical (unpaired) electrons. The Morgan fingerprint density at radius 2 is 1.83 bits per heavy atom. The molecule has 2 N–H and O–H groups in total. The standard InChI is InChI=1S/C13H16N2O2S/c1-9-2-4-11(5-3-9)18(16,17)13-12-8-14-6-10(12)7-15-13/h2-5,13-15H,6-8H2,1H3. The first-order chi connectivity index (χ1) is 8.59. The van der Waals surface area contributed by atoms with Crippen LogP contribution in [0.3, 0.4) is 0 Å². The molecule has 1 unspecified atom stereocenters. The van der Waals surface area contributed by atoms with Gasteiger partial charge in [-0.2, -0.15) is 0 Å². The van der Waals surface area contributed by atoms with Gasteiger partial charge in [0.25, 0.3) is 0 Å². The van der Waals surface area contributed by atoms with E-state index >= 15 is 0 Å². The minimum absolute atomic E-state index is 0.395. The van der Waals surface area contributed by atoms with Gasteiger partial charge in [0.15, 0.2) is 9.84 Å². The van der Waals surface area contributed by atoms with Gasteiger partial charge in [-0.25, -0.2) is 8.42 Å². The van der Waals surface area contributed by atoms with Crippen LogP contribution >= 0.6 is 0 Å². The van der Waals surface area contributed by atoms with Crippen molar-refractivity contribution in [3.63, 3.8) is 0 Å². The Morgan fingerprint density at radius 1 is 1.11 bits per heavy atom. The third-order valence-electron chi connectivity index (χ3n) is 3.59. The fraction of sp³-hybridized carbons (Fsp3) is 0.385. The molecule has 0 saturated carbocycles. The number of rotatable bonds is 2. The smallest absolute Gasteiger partial charge is 0.198 e. The largest absolute Gasteiger partial charge is 0.309 e. The van der Waals surface area contributed by atoms with Crippen LogP contribution < -0.4 is 10.6 Å². The maximum atomic E-state index is 12.6. The van der Waals surface area contributed by atoms with E-state index in [9.17, 15) is 8.42 Å². The molecule has 0 fully saturated rings. The second kappa shape index (κ2) is 4.19. The molecule has 0 aliphatic carbocycles. The molecular weight excluding hydrogens is 248 g/mol. The lowest BCUT2D eigenvalue weighted by molar-refractivity contribution is 0.574.